The van der Waals surface area contributed by atoms with Crippen molar-refractivity contribution >= 4 is 11.8 Å². The van der Waals surface area contributed by atoms with E-state index in [9.17, 15) is 0 Å². The summed E-state index contributed by atoms with van der Waals surface area (Å²) in [6.45, 7) is 2.18. The molecule has 0 amide bonds. The van der Waals surface area contributed by atoms with Gasteiger partial charge < -0.3 is 0 Å². The molecule has 1 aliphatic heterocycles. The molecule has 0 fully saturated rings. The van der Waals surface area contributed by atoms with Gasteiger partial charge in [-0.2, -0.15) is 0 Å². The highest BCUT2D eigenvalue weighted by Gasteiger charge is 2.13. The molecular formula is C18H17N. The molecule has 0 radical (unpaired) electrons. The first-order valence-corrected chi connectivity index (χ1v) is 6.76. The van der Waals surface area contributed by atoms with E-state index in [1.807, 2.05) is 12.3 Å². The van der Waals surface area contributed by atoms with E-state index in [-0.39, 0.29) is 6.04 Å². The number of nitrogens with zero attached hydrogens (tertiary/aromatic N) is 1. The predicted molar refractivity (Wildman–Crippen MR) is 81.5 cm³/mol. The number of benzene rings is 2. The largest absolute Gasteiger partial charge is 0.280 e. The van der Waals surface area contributed by atoms with Gasteiger partial charge in [0.2, 0.25) is 0 Å². The summed E-state index contributed by atoms with van der Waals surface area (Å²) in [6.07, 6.45) is 5.30. The summed E-state index contributed by atoms with van der Waals surface area (Å²) in [5, 5.41) is 0. The number of rotatable bonds is 3. The maximum absolute atomic E-state index is 4.59. The topological polar surface area (TPSA) is 12.4 Å². The number of hydrogen-bond donors (Lipinski definition) is 0. The standard InChI is InChI=1S/C18H17N/c1-2-14-8-10-15(11-9-14)17-12-18(19-13-17)16-6-4-3-5-7-16/h3-13,18H,2H2,1H3. The maximum Gasteiger partial charge on any atom is 0.0940 e. The van der Waals surface area contributed by atoms with E-state index < -0.39 is 0 Å². The molecule has 0 bridgehead atoms. The Morgan fingerprint density at radius 3 is 2.37 bits per heavy atom. The molecule has 0 N–H and O–H groups in total. The lowest BCUT2D eigenvalue weighted by molar-refractivity contribution is 0.936. The van der Waals surface area contributed by atoms with Gasteiger partial charge in [-0.3, -0.25) is 4.99 Å². The van der Waals surface area contributed by atoms with Gasteiger partial charge >= 0.3 is 0 Å². The third-order valence-corrected chi connectivity index (χ3v) is 3.55. The third-order valence-electron chi connectivity index (χ3n) is 3.55. The Labute approximate surface area is 114 Å². The Kier molecular flexibility index (Phi) is 3.28. The molecule has 1 heterocycles. The van der Waals surface area contributed by atoms with Crippen molar-refractivity contribution in [3.8, 4) is 0 Å². The zero-order chi connectivity index (χ0) is 13.1. The first-order valence-electron chi connectivity index (χ1n) is 6.76. The molecular weight excluding hydrogens is 230 g/mol. The van der Waals surface area contributed by atoms with E-state index >= 15 is 0 Å². The van der Waals surface area contributed by atoms with Crippen molar-refractivity contribution in [3.05, 3.63) is 77.4 Å². The average molecular weight is 247 g/mol. The molecule has 19 heavy (non-hydrogen) atoms. The highest BCUT2D eigenvalue weighted by Crippen LogP contribution is 2.28. The lowest BCUT2D eigenvalue weighted by atomic mass is 10.0. The Balaban J connectivity index is 1.85. The fraction of sp³-hybridized carbons (Fsp3) is 0.167. The molecule has 1 heteroatoms. The second kappa shape index (κ2) is 5.23. The summed E-state index contributed by atoms with van der Waals surface area (Å²) in [6, 6.07) is 19.3. The summed E-state index contributed by atoms with van der Waals surface area (Å²) >= 11 is 0. The van der Waals surface area contributed by atoms with Gasteiger partial charge in [-0.1, -0.05) is 61.5 Å². The number of aryl methyl sites for hydroxylation is 1. The predicted octanol–water partition coefficient (Wildman–Crippen LogP) is 4.46. The lowest BCUT2D eigenvalue weighted by Gasteiger charge is -2.04. The molecule has 1 atom stereocenters. The van der Waals surface area contributed by atoms with Crippen molar-refractivity contribution in [1.29, 1.82) is 0 Å². The minimum Gasteiger partial charge on any atom is -0.280 e. The molecule has 1 aliphatic rings. The molecule has 0 spiro atoms. The Morgan fingerprint density at radius 2 is 1.68 bits per heavy atom. The van der Waals surface area contributed by atoms with Crippen LogP contribution in [0.1, 0.15) is 29.7 Å². The van der Waals surface area contributed by atoms with Crippen molar-refractivity contribution in [2.75, 3.05) is 0 Å². The second-order valence-electron chi connectivity index (χ2n) is 4.81. The first-order chi connectivity index (χ1) is 9.36. The molecule has 0 saturated heterocycles. The molecule has 94 valence electrons. The molecule has 0 aliphatic carbocycles. The molecule has 0 aromatic heterocycles. The van der Waals surface area contributed by atoms with Gasteiger partial charge in [0.1, 0.15) is 0 Å². The summed E-state index contributed by atoms with van der Waals surface area (Å²) in [5.74, 6) is 0. The van der Waals surface area contributed by atoms with E-state index in [2.05, 4.69) is 66.5 Å². The van der Waals surface area contributed by atoms with Crippen LogP contribution in [0, 0.1) is 0 Å². The normalized spacial score (nSPS) is 17.5. The highest BCUT2D eigenvalue weighted by molar-refractivity contribution is 6.11. The molecule has 2 aromatic carbocycles. The van der Waals surface area contributed by atoms with Crippen LogP contribution in [0.4, 0.5) is 0 Å². The van der Waals surface area contributed by atoms with Crippen LogP contribution in [0.15, 0.2) is 65.7 Å². The van der Waals surface area contributed by atoms with E-state index in [1.54, 1.807) is 0 Å². The van der Waals surface area contributed by atoms with Gasteiger partial charge in [0.25, 0.3) is 0 Å². The van der Waals surface area contributed by atoms with Crippen molar-refractivity contribution in [2.45, 2.75) is 19.4 Å². The monoisotopic (exact) mass is 247 g/mol. The minimum atomic E-state index is 0.169. The SMILES string of the molecule is CCc1ccc(C2=CC(c3ccccc3)N=C2)cc1. The first kappa shape index (κ1) is 11.9. The third kappa shape index (κ3) is 2.50. The molecule has 3 rings (SSSR count). The van der Waals surface area contributed by atoms with Crippen LogP contribution in [-0.4, -0.2) is 6.21 Å². The van der Waals surface area contributed by atoms with Gasteiger partial charge in [-0.05, 0) is 34.8 Å². The zero-order valence-electron chi connectivity index (χ0n) is 11.1. The van der Waals surface area contributed by atoms with Crippen LogP contribution in [0.5, 0.6) is 0 Å². The average Bonchev–Trinajstić information content (AvgIpc) is 2.98. The van der Waals surface area contributed by atoms with E-state index in [1.165, 1.54) is 22.3 Å². The Morgan fingerprint density at radius 1 is 0.947 bits per heavy atom. The van der Waals surface area contributed by atoms with Crippen LogP contribution in [0.3, 0.4) is 0 Å². The van der Waals surface area contributed by atoms with Crippen molar-refractivity contribution in [1.82, 2.24) is 0 Å². The van der Waals surface area contributed by atoms with Crippen LogP contribution in [0.2, 0.25) is 0 Å². The summed E-state index contributed by atoms with van der Waals surface area (Å²) in [5.41, 5.74) is 5.09. The highest BCUT2D eigenvalue weighted by atomic mass is 14.8. The number of aliphatic imine (C=N–C) groups is 1. The van der Waals surface area contributed by atoms with Gasteiger partial charge in [0.15, 0.2) is 0 Å². The molecule has 1 unspecified atom stereocenters. The van der Waals surface area contributed by atoms with Gasteiger partial charge in [0, 0.05) is 6.21 Å². The summed E-state index contributed by atoms with van der Waals surface area (Å²) in [4.78, 5) is 4.59. The number of hydrogen-bond acceptors (Lipinski definition) is 1. The second-order valence-corrected chi connectivity index (χ2v) is 4.81. The van der Waals surface area contributed by atoms with Crippen LogP contribution >= 0.6 is 0 Å². The number of allylic oxidation sites excluding steroid dienone is 1. The smallest absolute Gasteiger partial charge is 0.0940 e. The van der Waals surface area contributed by atoms with Gasteiger partial charge in [-0.15, -0.1) is 0 Å². The summed E-state index contributed by atoms with van der Waals surface area (Å²) < 4.78 is 0. The maximum atomic E-state index is 4.59. The Hall–Kier alpha value is -2.15. The van der Waals surface area contributed by atoms with Crippen LogP contribution in [0.25, 0.3) is 5.57 Å². The zero-order valence-corrected chi connectivity index (χ0v) is 11.1. The van der Waals surface area contributed by atoms with Crippen molar-refractivity contribution in [2.24, 2.45) is 4.99 Å². The fourth-order valence-electron chi connectivity index (χ4n) is 2.35. The van der Waals surface area contributed by atoms with Crippen LogP contribution in [-0.2, 0) is 6.42 Å². The summed E-state index contributed by atoms with van der Waals surface area (Å²) in [7, 11) is 0. The molecule has 1 nitrogen and oxygen atoms in total. The van der Waals surface area contributed by atoms with Gasteiger partial charge in [-0.25, -0.2) is 0 Å². The van der Waals surface area contributed by atoms with E-state index in [4.69, 9.17) is 0 Å². The van der Waals surface area contributed by atoms with Crippen LogP contribution < -0.4 is 0 Å². The Bertz CT molecular complexity index is 606. The van der Waals surface area contributed by atoms with Gasteiger partial charge in [0.05, 0.1) is 6.04 Å². The minimum absolute atomic E-state index is 0.169. The molecule has 2 aromatic rings. The van der Waals surface area contributed by atoms with E-state index in [0.717, 1.165) is 6.42 Å². The van der Waals surface area contributed by atoms with Crippen molar-refractivity contribution < 1.29 is 0 Å². The van der Waals surface area contributed by atoms with Crippen molar-refractivity contribution in [3.63, 3.8) is 0 Å². The fourth-order valence-corrected chi connectivity index (χ4v) is 2.35. The molecule has 0 saturated carbocycles. The quantitative estimate of drug-likeness (QED) is 0.759. The lowest BCUT2D eigenvalue weighted by Crippen LogP contribution is -1.87. The van der Waals surface area contributed by atoms with E-state index in [0.29, 0.717) is 0 Å².